The molecule has 0 saturated heterocycles. The van der Waals surface area contributed by atoms with Crippen LogP contribution in [0.15, 0.2) is 0 Å². The zero-order valence-electron chi connectivity index (χ0n) is 12.1. The minimum absolute atomic E-state index is 0.855. The first-order valence-electron chi connectivity index (χ1n) is 5.87. The molecule has 0 bridgehead atoms. The van der Waals surface area contributed by atoms with Gasteiger partial charge in [-0.05, 0) is 26.9 Å². The maximum atomic E-state index is 4.98. The molecule has 3 nitrogen and oxygen atoms in total. The molecule has 0 aliphatic heterocycles. The predicted octanol–water partition coefficient (Wildman–Crippen LogP) is 2.95. The molecule has 0 spiro atoms. The summed E-state index contributed by atoms with van der Waals surface area (Å²) in [6.45, 7) is 13.0. The third kappa shape index (κ3) is 130. The monoisotopic (exact) mass is 223 g/mol. The molecule has 0 amide bonds. The molecule has 0 aromatic carbocycles. The van der Waals surface area contributed by atoms with Gasteiger partial charge in [-0.2, -0.15) is 0 Å². The highest BCUT2D eigenvalue weighted by atomic mass is 16.5. The van der Waals surface area contributed by atoms with E-state index in [1.54, 1.807) is 14.2 Å². The molecular weight excluding hydrogens is 190 g/mol. The molecule has 0 aliphatic rings. The third-order valence-corrected chi connectivity index (χ3v) is 0.906. The van der Waals surface area contributed by atoms with Gasteiger partial charge in [0, 0.05) is 27.4 Å². The van der Waals surface area contributed by atoms with Crippen molar-refractivity contribution in [3.8, 4) is 0 Å². The Morgan fingerprint density at radius 2 is 1.33 bits per heavy atom. The molecular formula is C12H33NO2. The minimum atomic E-state index is 0.855. The molecule has 0 radical (unpaired) electrons. The first-order chi connectivity index (χ1) is 7.24. The van der Waals surface area contributed by atoms with E-state index in [0.717, 1.165) is 26.2 Å². The second kappa shape index (κ2) is 48.6. The van der Waals surface area contributed by atoms with Gasteiger partial charge in [-0.25, -0.2) is 0 Å². The van der Waals surface area contributed by atoms with Gasteiger partial charge in [0.25, 0.3) is 0 Å². The molecule has 0 aromatic heterocycles. The van der Waals surface area contributed by atoms with Crippen LogP contribution in [0.2, 0.25) is 0 Å². The normalized spacial score (nSPS) is 7.20. The molecule has 0 saturated carbocycles. The van der Waals surface area contributed by atoms with Crippen LogP contribution >= 0.6 is 0 Å². The van der Waals surface area contributed by atoms with Gasteiger partial charge in [-0.3, -0.25) is 0 Å². The van der Waals surface area contributed by atoms with Gasteiger partial charge in [0.15, 0.2) is 0 Å². The number of hydrogen-bond donors (Lipinski definition) is 1. The van der Waals surface area contributed by atoms with E-state index in [0.29, 0.717) is 0 Å². The number of nitrogens with one attached hydrogen (secondary N) is 1. The molecule has 98 valence electrons. The van der Waals surface area contributed by atoms with Gasteiger partial charge in [0.1, 0.15) is 0 Å². The van der Waals surface area contributed by atoms with E-state index in [1.165, 1.54) is 0 Å². The SMILES string of the molecule is CC.CCCOCC.CCNC.COC. The number of hydrogen-bond acceptors (Lipinski definition) is 3. The van der Waals surface area contributed by atoms with Gasteiger partial charge < -0.3 is 14.8 Å². The number of rotatable bonds is 4. The average Bonchev–Trinajstić information content (AvgIpc) is 2.30. The highest BCUT2D eigenvalue weighted by molar-refractivity contribution is 4.19. The van der Waals surface area contributed by atoms with Crippen molar-refractivity contribution >= 4 is 0 Å². The van der Waals surface area contributed by atoms with E-state index in [2.05, 4.69) is 23.9 Å². The van der Waals surface area contributed by atoms with Crippen molar-refractivity contribution < 1.29 is 9.47 Å². The summed E-state index contributed by atoms with van der Waals surface area (Å²) in [7, 11) is 5.18. The van der Waals surface area contributed by atoms with Crippen molar-refractivity contribution in [2.75, 3.05) is 41.0 Å². The van der Waals surface area contributed by atoms with Crippen LogP contribution in [0.3, 0.4) is 0 Å². The predicted molar refractivity (Wildman–Crippen MR) is 70.7 cm³/mol. The van der Waals surface area contributed by atoms with Crippen molar-refractivity contribution in [3.63, 3.8) is 0 Å². The fourth-order valence-electron chi connectivity index (χ4n) is 0.289. The van der Waals surface area contributed by atoms with E-state index >= 15 is 0 Å². The number of ether oxygens (including phenoxy) is 2. The Bertz CT molecular complexity index is 46.9. The second-order valence-electron chi connectivity index (χ2n) is 2.31. The molecule has 0 atom stereocenters. The third-order valence-electron chi connectivity index (χ3n) is 0.906. The molecule has 0 heterocycles. The number of methoxy groups -OCH3 is 1. The highest BCUT2D eigenvalue weighted by Crippen LogP contribution is 1.75. The quantitative estimate of drug-likeness (QED) is 0.743. The Morgan fingerprint density at radius 3 is 1.40 bits per heavy atom. The summed E-state index contributed by atoms with van der Waals surface area (Å²) in [5, 5.41) is 2.93. The average molecular weight is 223 g/mol. The Labute approximate surface area is 97.5 Å². The molecule has 3 heteroatoms. The Kier molecular flexibility index (Phi) is 78.5. The van der Waals surface area contributed by atoms with Crippen LogP contribution in [0.25, 0.3) is 0 Å². The van der Waals surface area contributed by atoms with E-state index in [4.69, 9.17) is 4.74 Å². The smallest absolute Gasteiger partial charge is 0.0463 e. The van der Waals surface area contributed by atoms with Crippen molar-refractivity contribution in [1.82, 2.24) is 5.32 Å². The Morgan fingerprint density at radius 1 is 1.00 bits per heavy atom. The summed E-state index contributed by atoms with van der Waals surface area (Å²) in [5.74, 6) is 0. The largest absolute Gasteiger partial charge is 0.388 e. The summed E-state index contributed by atoms with van der Waals surface area (Å²) < 4.78 is 9.23. The van der Waals surface area contributed by atoms with Crippen LogP contribution in [0.4, 0.5) is 0 Å². The summed E-state index contributed by atoms with van der Waals surface area (Å²) in [6, 6.07) is 0. The van der Waals surface area contributed by atoms with Crippen molar-refractivity contribution in [1.29, 1.82) is 0 Å². The van der Waals surface area contributed by atoms with Crippen molar-refractivity contribution in [3.05, 3.63) is 0 Å². The van der Waals surface area contributed by atoms with Gasteiger partial charge in [0.2, 0.25) is 0 Å². The lowest BCUT2D eigenvalue weighted by Gasteiger charge is -1.91. The lowest BCUT2D eigenvalue weighted by Crippen LogP contribution is -2.01. The first-order valence-corrected chi connectivity index (χ1v) is 5.87. The maximum absolute atomic E-state index is 4.98. The van der Waals surface area contributed by atoms with Crippen LogP contribution in [-0.2, 0) is 9.47 Å². The fourth-order valence-corrected chi connectivity index (χ4v) is 0.289. The van der Waals surface area contributed by atoms with E-state index in [-0.39, 0.29) is 0 Å². The van der Waals surface area contributed by atoms with Gasteiger partial charge in [-0.15, -0.1) is 0 Å². The molecule has 0 fully saturated rings. The highest BCUT2D eigenvalue weighted by Gasteiger charge is 1.72. The van der Waals surface area contributed by atoms with Crippen molar-refractivity contribution in [2.45, 2.75) is 41.0 Å². The maximum Gasteiger partial charge on any atom is 0.0463 e. The zero-order chi connectivity index (χ0) is 12.9. The lowest BCUT2D eigenvalue weighted by molar-refractivity contribution is 0.148. The Hall–Kier alpha value is -0.120. The molecule has 0 aliphatic carbocycles. The minimum Gasteiger partial charge on any atom is -0.388 e. The summed E-state index contributed by atoms with van der Waals surface area (Å²) in [5.41, 5.74) is 0. The van der Waals surface area contributed by atoms with Crippen LogP contribution in [0, 0.1) is 0 Å². The topological polar surface area (TPSA) is 30.5 Å². The summed E-state index contributed by atoms with van der Waals surface area (Å²) in [6.07, 6.45) is 1.13. The van der Waals surface area contributed by atoms with Gasteiger partial charge >= 0.3 is 0 Å². The summed E-state index contributed by atoms with van der Waals surface area (Å²) >= 11 is 0. The van der Waals surface area contributed by atoms with E-state index in [9.17, 15) is 0 Å². The zero-order valence-corrected chi connectivity index (χ0v) is 12.1. The molecule has 0 rings (SSSR count). The molecule has 1 N–H and O–H groups in total. The Balaban J connectivity index is -0.0000000590. The molecule has 0 unspecified atom stereocenters. The van der Waals surface area contributed by atoms with E-state index < -0.39 is 0 Å². The first kappa shape index (κ1) is 24.2. The standard InChI is InChI=1S/C5H12O.C3H9N.C2H6O.C2H6/c1-3-5-6-4-2;1-3-4-2;1-3-2;1-2/h3-5H2,1-2H3;4H,3H2,1-2H3;1-2H3;1-2H3. The van der Waals surface area contributed by atoms with E-state index in [1.807, 2.05) is 27.8 Å². The van der Waals surface area contributed by atoms with Crippen LogP contribution in [-0.4, -0.2) is 41.0 Å². The van der Waals surface area contributed by atoms with Crippen LogP contribution in [0.5, 0.6) is 0 Å². The van der Waals surface area contributed by atoms with Gasteiger partial charge in [-0.1, -0.05) is 27.7 Å². The van der Waals surface area contributed by atoms with Crippen LogP contribution < -0.4 is 5.32 Å². The van der Waals surface area contributed by atoms with Crippen LogP contribution in [0.1, 0.15) is 41.0 Å². The second-order valence-corrected chi connectivity index (χ2v) is 2.31. The van der Waals surface area contributed by atoms with Gasteiger partial charge in [0.05, 0.1) is 0 Å². The molecule has 0 aromatic rings. The molecule has 15 heavy (non-hydrogen) atoms. The lowest BCUT2D eigenvalue weighted by atomic mass is 10.5. The summed E-state index contributed by atoms with van der Waals surface area (Å²) in [4.78, 5) is 0. The van der Waals surface area contributed by atoms with Crippen molar-refractivity contribution in [2.24, 2.45) is 0 Å². The fraction of sp³-hybridized carbons (Fsp3) is 1.00.